The van der Waals surface area contributed by atoms with Crippen molar-refractivity contribution in [1.29, 1.82) is 0 Å². The van der Waals surface area contributed by atoms with Crippen molar-refractivity contribution in [3.63, 3.8) is 0 Å². The number of morpholine rings is 1. The van der Waals surface area contributed by atoms with E-state index in [0.29, 0.717) is 30.2 Å². The van der Waals surface area contributed by atoms with Crippen LogP contribution in [0.1, 0.15) is 12.5 Å². The molecule has 0 bridgehead atoms. The van der Waals surface area contributed by atoms with E-state index in [-0.39, 0.29) is 18.0 Å². The van der Waals surface area contributed by atoms with E-state index in [9.17, 15) is 22.8 Å². The molecule has 12 heteroatoms. The Hall–Kier alpha value is -4.00. The number of imide groups is 1. The van der Waals surface area contributed by atoms with Gasteiger partial charge < -0.3 is 20.1 Å². The van der Waals surface area contributed by atoms with E-state index in [1.807, 2.05) is 30.3 Å². The molecule has 1 unspecified atom stereocenters. The van der Waals surface area contributed by atoms with Crippen molar-refractivity contribution < 1.29 is 32.3 Å². The first-order valence-corrected chi connectivity index (χ1v) is 13.8. The Labute approximate surface area is 225 Å². The number of hydrogen-bond acceptors (Lipinski definition) is 7. The second-order valence-corrected chi connectivity index (χ2v) is 11.4. The van der Waals surface area contributed by atoms with Gasteiger partial charge in [-0.15, -0.1) is 0 Å². The third-order valence-electron chi connectivity index (χ3n) is 6.95. The van der Waals surface area contributed by atoms with Crippen LogP contribution in [0.15, 0.2) is 65.6 Å². The Morgan fingerprint density at radius 3 is 2.38 bits per heavy atom. The Morgan fingerprint density at radius 1 is 1.03 bits per heavy atom. The molecule has 2 aliphatic heterocycles. The van der Waals surface area contributed by atoms with Crippen molar-refractivity contribution in [1.82, 2.24) is 14.5 Å². The van der Waals surface area contributed by atoms with Gasteiger partial charge in [-0.25, -0.2) is 13.2 Å². The highest BCUT2D eigenvalue weighted by Crippen LogP contribution is 2.32. The molecule has 2 saturated heterocycles. The van der Waals surface area contributed by atoms with E-state index in [0.717, 1.165) is 15.7 Å². The zero-order chi connectivity index (χ0) is 27.8. The molecule has 0 spiro atoms. The topological polar surface area (TPSA) is 134 Å². The number of benzene rings is 3. The number of methoxy groups -OCH3 is 1. The lowest BCUT2D eigenvalue weighted by atomic mass is 9.90. The fourth-order valence-corrected chi connectivity index (χ4v) is 6.10. The number of ether oxygens (including phenoxy) is 2. The van der Waals surface area contributed by atoms with Gasteiger partial charge in [-0.3, -0.25) is 14.5 Å². The lowest BCUT2D eigenvalue weighted by molar-refractivity contribution is -0.133. The molecule has 204 valence electrons. The standard InChI is InChI=1S/C27H28N4O7S/c1-27(20-5-3-19-16-22(37-2)8-4-18(19)15-20)25(33)31(26(34)29-27)17-24(32)28-21-6-9-23(10-7-21)39(35,36)30-11-13-38-14-12-30/h3-10,15-16H,11-14,17H2,1-2H3,(H,28,32)(H,29,34). The van der Waals surface area contributed by atoms with E-state index in [4.69, 9.17) is 9.47 Å². The molecule has 2 fully saturated rings. The monoisotopic (exact) mass is 552 g/mol. The predicted molar refractivity (Wildman–Crippen MR) is 143 cm³/mol. The van der Waals surface area contributed by atoms with Crippen LogP contribution in [-0.4, -0.2) is 75.4 Å². The van der Waals surface area contributed by atoms with Gasteiger partial charge in [0.25, 0.3) is 5.91 Å². The van der Waals surface area contributed by atoms with Gasteiger partial charge in [0.1, 0.15) is 17.8 Å². The molecular formula is C27H28N4O7S. The van der Waals surface area contributed by atoms with Gasteiger partial charge in [0.05, 0.1) is 25.2 Å². The first-order valence-electron chi connectivity index (χ1n) is 12.3. The van der Waals surface area contributed by atoms with E-state index in [2.05, 4.69) is 10.6 Å². The van der Waals surface area contributed by atoms with E-state index < -0.39 is 40.0 Å². The van der Waals surface area contributed by atoms with E-state index >= 15 is 0 Å². The SMILES string of the molecule is COc1ccc2cc(C3(C)NC(=O)N(CC(=O)Nc4ccc(S(=O)(=O)N5CCOCC5)cc4)C3=O)ccc2c1. The van der Waals surface area contributed by atoms with Gasteiger partial charge in [-0.1, -0.05) is 18.2 Å². The summed E-state index contributed by atoms with van der Waals surface area (Å²) in [6.07, 6.45) is 0. The van der Waals surface area contributed by atoms with Crippen molar-refractivity contribution in [2.75, 3.05) is 45.3 Å². The Kier molecular flexibility index (Phi) is 7.02. The van der Waals surface area contributed by atoms with Crippen molar-refractivity contribution >= 4 is 44.3 Å². The Bertz CT molecular complexity index is 1550. The van der Waals surface area contributed by atoms with Crippen molar-refractivity contribution in [3.8, 4) is 5.75 Å². The molecule has 0 radical (unpaired) electrons. The molecule has 1 atom stereocenters. The summed E-state index contributed by atoms with van der Waals surface area (Å²) in [5, 5.41) is 7.11. The maximum absolute atomic E-state index is 13.3. The normalized spacial score (nSPS) is 20.2. The zero-order valence-electron chi connectivity index (χ0n) is 21.5. The molecular weight excluding hydrogens is 524 g/mol. The quantitative estimate of drug-likeness (QED) is 0.430. The van der Waals surface area contributed by atoms with Crippen LogP contribution in [0.5, 0.6) is 5.75 Å². The van der Waals surface area contributed by atoms with Gasteiger partial charge in [0, 0.05) is 18.8 Å². The summed E-state index contributed by atoms with van der Waals surface area (Å²) in [4.78, 5) is 39.8. The van der Waals surface area contributed by atoms with Gasteiger partial charge in [0.15, 0.2) is 0 Å². The molecule has 5 rings (SSSR count). The minimum atomic E-state index is -3.67. The first kappa shape index (κ1) is 26.6. The number of fused-ring (bicyclic) bond motifs is 1. The smallest absolute Gasteiger partial charge is 0.325 e. The molecule has 39 heavy (non-hydrogen) atoms. The molecule has 0 saturated carbocycles. The highest BCUT2D eigenvalue weighted by atomic mass is 32.2. The number of nitrogens with one attached hydrogen (secondary N) is 2. The summed E-state index contributed by atoms with van der Waals surface area (Å²) in [5.41, 5.74) is -0.430. The molecule has 3 aromatic carbocycles. The average molecular weight is 553 g/mol. The predicted octanol–water partition coefficient (Wildman–Crippen LogP) is 2.28. The highest BCUT2D eigenvalue weighted by molar-refractivity contribution is 7.89. The van der Waals surface area contributed by atoms with Crippen LogP contribution in [0.2, 0.25) is 0 Å². The van der Waals surface area contributed by atoms with Gasteiger partial charge in [-0.05, 0) is 65.7 Å². The van der Waals surface area contributed by atoms with Crippen molar-refractivity contribution in [2.45, 2.75) is 17.4 Å². The molecule has 11 nitrogen and oxygen atoms in total. The summed E-state index contributed by atoms with van der Waals surface area (Å²) < 4.78 is 37.4. The number of rotatable bonds is 7. The second-order valence-electron chi connectivity index (χ2n) is 9.46. The van der Waals surface area contributed by atoms with Gasteiger partial charge in [-0.2, -0.15) is 4.31 Å². The summed E-state index contributed by atoms with van der Waals surface area (Å²) in [6, 6.07) is 16.0. The van der Waals surface area contributed by atoms with Crippen LogP contribution in [0, 0.1) is 0 Å². The van der Waals surface area contributed by atoms with Crippen LogP contribution in [0.25, 0.3) is 10.8 Å². The minimum absolute atomic E-state index is 0.0982. The lowest BCUT2D eigenvalue weighted by Crippen LogP contribution is -2.42. The molecule has 0 aliphatic carbocycles. The zero-order valence-corrected chi connectivity index (χ0v) is 22.3. The summed E-state index contributed by atoms with van der Waals surface area (Å²) in [5.74, 6) is -0.447. The first-order chi connectivity index (χ1) is 18.6. The van der Waals surface area contributed by atoms with Crippen LogP contribution >= 0.6 is 0 Å². The lowest BCUT2D eigenvalue weighted by Gasteiger charge is -2.26. The van der Waals surface area contributed by atoms with Gasteiger partial charge >= 0.3 is 6.03 Å². The van der Waals surface area contributed by atoms with Crippen LogP contribution in [-0.2, 0) is 29.9 Å². The van der Waals surface area contributed by atoms with E-state index in [1.165, 1.54) is 28.6 Å². The number of hydrogen-bond donors (Lipinski definition) is 2. The fourth-order valence-electron chi connectivity index (χ4n) is 4.69. The van der Waals surface area contributed by atoms with E-state index in [1.54, 1.807) is 20.1 Å². The van der Waals surface area contributed by atoms with Crippen molar-refractivity contribution in [2.24, 2.45) is 0 Å². The molecule has 2 heterocycles. The summed E-state index contributed by atoms with van der Waals surface area (Å²) in [6.45, 7) is 2.33. The molecule has 2 aliphatic rings. The summed E-state index contributed by atoms with van der Waals surface area (Å²) in [7, 11) is -2.09. The summed E-state index contributed by atoms with van der Waals surface area (Å²) >= 11 is 0. The number of amides is 4. The number of sulfonamides is 1. The molecule has 3 aromatic rings. The molecule has 4 amide bonds. The average Bonchev–Trinajstić information content (AvgIpc) is 3.16. The Balaban J connectivity index is 1.26. The maximum atomic E-state index is 13.3. The number of nitrogens with zero attached hydrogens (tertiary/aromatic N) is 2. The molecule has 0 aromatic heterocycles. The second kappa shape index (κ2) is 10.3. The number of urea groups is 1. The molecule has 2 N–H and O–H groups in total. The minimum Gasteiger partial charge on any atom is -0.497 e. The van der Waals surface area contributed by atoms with Crippen LogP contribution in [0.3, 0.4) is 0 Å². The number of anilines is 1. The maximum Gasteiger partial charge on any atom is 0.325 e. The third kappa shape index (κ3) is 5.05. The largest absolute Gasteiger partial charge is 0.497 e. The number of carbonyl (C=O) groups is 3. The van der Waals surface area contributed by atoms with Crippen LogP contribution < -0.4 is 15.4 Å². The number of carbonyl (C=O) groups excluding carboxylic acids is 3. The third-order valence-corrected chi connectivity index (χ3v) is 8.86. The van der Waals surface area contributed by atoms with Crippen LogP contribution in [0.4, 0.5) is 10.5 Å². The highest BCUT2D eigenvalue weighted by Gasteiger charge is 2.49. The fraction of sp³-hybridized carbons (Fsp3) is 0.296. The van der Waals surface area contributed by atoms with Gasteiger partial charge in [0.2, 0.25) is 15.9 Å². The Morgan fingerprint density at radius 2 is 1.69 bits per heavy atom. The van der Waals surface area contributed by atoms with Crippen molar-refractivity contribution in [3.05, 3.63) is 66.2 Å².